The fourth-order valence-corrected chi connectivity index (χ4v) is 2.42. The number of halogens is 3. The van der Waals surface area contributed by atoms with Gasteiger partial charge in [0.15, 0.2) is 11.2 Å². The number of hydrogen-bond donors (Lipinski definition) is 2. The fraction of sp³-hybridized carbons (Fsp3) is 0.267. The highest BCUT2D eigenvalue weighted by molar-refractivity contribution is 5.70. The van der Waals surface area contributed by atoms with Crippen LogP contribution in [0, 0.1) is 0 Å². The van der Waals surface area contributed by atoms with Crippen LogP contribution in [0.25, 0.3) is 11.2 Å². The van der Waals surface area contributed by atoms with Crippen molar-refractivity contribution in [3.63, 3.8) is 0 Å². The Morgan fingerprint density at radius 2 is 2.04 bits per heavy atom. The molecule has 0 aliphatic heterocycles. The van der Waals surface area contributed by atoms with Crippen molar-refractivity contribution in [3.05, 3.63) is 50.7 Å². The Labute approximate surface area is 143 Å². The van der Waals surface area contributed by atoms with Crippen molar-refractivity contribution in [2.24, 2.45) is 7.05 Å². The van der Waals surface area contributed by atoms with E-state index >= 15 is 0 Å². The third kappa shape index (κ3) is 3.08. The van der Waals surface area contributed by atoms with E-state index in [-0.39, 0.29) is 29.5 Å². The molecular formula is C15H13F3N4O4. The zero-order valence-corrected chi connectivity index (χ0v) is 13.4. The minimum Gasteiger partial charge on any atom is -0.426 e. The minimum atomic E-state index is -4.53. The van der Waals surface area contributed by atoms with Gasteiger partial charge in [-0.2, -0.15) is 18.2 Å². The monoisotopic (exact) mass is 370 g/mol. The van der Waals surface area contributed by atoms with E-state index < -0.39 is 29.6 Å². The molecular weight excluding hydrogens is 357 g/mol. The number of aliphatic hydroxyl groups excluding tert-OH is 1. The molecule has 2 N–H and O–H groups in total. The second-order valence-corrected chi connectivity index (χ2v) is 5.39. The summed E-state index contributed by atoms with van der Waals surface area (Å²) in [5.74, 6) is -0.139. The number of ether oxygens (including phenoxy) is 1. The molecule has 0 spiro atoms. The quantitative estimate of drug-likeness (QED) is 0.719. The zero-order valence-electron chi connectivity index (χ0n) is 13.4. The van der Waals surface area contributed by atoms with Crippen LogP contribution in [0.2, 0.25) is 0 Å². The molecule has 0 amide bonds. The van der Waals surface area contributed by atoms with Crippen LogP contribution < -0.4 is 16.0 Å². The van der Waals surface area contributed by atoms with Gasteiger partial charge in [-0.25, -0.2) is 4.79 Å². The highest BCUT2D eigenvalue weighted by Crippen LogP contribution is 2.32. The number of aromatic nitrogens is 4. The van der Waals surface area contributed by atoms with Crippen LogP contribution in [0.1, 0.15) is 5.56 Å². The summed E-state index contributed by atoms with van der Waals surface area (Å²) in [6.07, 6.45) is -4.53. The van der Waals surface area contributed by atoms with Crippen LogP contribution in [0.4, 0.5) is 13.2 Å². The van der Waals surface area contributed by atoms with E-state index in [1.165, 1.54) is 19.2 Å². The maximum atomic E-state index is 12.8. The first-order chi connectivity index (χ1) is 12.2. The lowest BCUT2D eigenvalue weighted by atomic mass is 10.2. The minimum absolute atomic E-state index is 0.0174. The predicted molar refractivity (Wildman–Crippen MR) is 84.2 cm³/mol. The van der Waals surface area contributed by atoms with Crippen LogP contribution in [0.5, 0.6) is 11.8 Å². The zero-order chi connectivity index (χ0) is 19.1. The summed E-state index contributed by atoms with van der Waals surface area (Å²) in [4.78, 5) is 30.9. The summed E-state index contributed by atoms with van der Waals surface area (Å²) in [5.41, 5.74) is -2.39. The number of aryl methyl sites for hydroxylation is 1. The molecule has 0 atom stereocenters. The number of aromatic amines is 1. The number of imidazole rings is 1. The molecule has 2 aromatic heterocycles. The third-order valence-corrected chi connectivity index (χ3v) is 3.66. The van der Waals surface area contributed by atoms with Gasteiger partial charge in [0.2, 0.25) is 0 Å². The van der Waals surface area contributed by atoms with E-state index in [1.807, 2.05) is 0 Å². The normalized spacial score (nSPS) is 11.9. The Morgan fingerprint density at radius 1 is 1.31 bits per heavy atom. The highest BCUT2D eigenvalue weighted by Gasteiger charge is 2.30. The van der Waals surface area contributed by atoms with E-state index in [9.17, 15) is 22.8 Å². The Hall–Kier alpha value is -3.08. The van der Waals surface area contributed by atoms with Gasteiger partial charge in [0, 0.05) is 7.05 Å². The summed E-state index contributed by atoms with van der Waals surface area (Å²) in [7, 11) is 1.37. The molecule has 1 aromatic carbocycles. The largest absolute Gasteiger partial charge is 0.426 e. The van der Waals surface area contributed by atoms with Crippen LogP contribution in [0.15, 0.2) is 33.9 Å². The van der Waals surface area contributed by atoms with Crippen molar-refractivity contribution in [2.75, 3.05) is 6.61 Å². The van der Waals surface area contributed by atoms with Crippen molar-refractivity contribution < 1.29 is 23.0 Å². The summed E-state index contributed by atoms with van der Waals surface area (Å²) in [6.45, 7) is -0.618. The van der Waals surface area contributed by atoms with Gasteiger partial charge in [-0.1, -0.05) is 6.07 Å². The lowest BCUT2D eigenvalue weighted by Gasteiger charge is -2.08. The Morgan fingerprint density at radius 3 is 2.69 bits per heavy atom. The summed E-state index contributed by atoms with van der Waals surface area (Å²) in [6, 6.07) is 3.91. The molecule has 0 saturated carbocycles. The second kappa shape index (κ2) is 6.33. The van der Waals surface area contributed by atoms with Gasteiger partial charge in [0.05, 0.1) is 18.7 Å². The molecule has 3 rings (SSSR count). The van der Waals surface area contributed by atoms with E-state index in [2.05, 4.69) is 9.97 Å². The summed E-state index contributed by atoms with van der Waals surface area (Å²) < 4.78 is 45.4. The average Bonchev–Trinajstić information content (AvgIpc) is 3.00. The standard InChI is InChI=1S/C15H13F3N4O4/c1-21-11-10(12(24)22(5-6-23)14(21)25)19-13(20-11)26-9-4-2-3-8(7-9)15(16,17)18/h2-4,7,23H,5-6H2,1H3,(H,19,20). The second-order valence-electron chi connectivity index (χ2n) is 5.39. The van der Waals surface area contributed by atoms with Gasteiger partial charge in [-0.05, 0) is 18.2 Å². The third-order valence-electron chi connectivity index (χ3n) is 3.66. The summed E-state index contributed by atoms with van der Waals surface area (Å²) in [5, 5.41) is 8.97. The van der Waals surface area contributed by atoms with Crippen molar-refractivity contribution in [1.29, 1.82) is 0 Å². The molecule has 0 aliphatic rings. The fourth-order valence-electron chi connectivity index (χ4n) is 2.42. The van der Waals surface area contributed by atoms with Gasteiger partial charge < -0.3 is 14.8 Å². The molecule has 0 radical (unpaired) electrons. The number of H-pyrrole nitrogens is 1. The number of fused-ring (bicyclic) bond motifs is 1. The van der Waals surface area contributed by atoms with Crippen molar-refractivity contribution in [2.45, 2.75) is 12.7 Å². The molecule has 2 heterocycles. The molecule has 11 heteroatoms. The first-order valence-corrected chi connectivity index (χ1v) is 7.38. The molecule has 138 valence electrons. The Kier molecular flexibility index (Phi) is 4.32. The molecule has 3 aromatic rings. The van der Waals surface area contributed by atoms with Crippen molar-refractivity contribution in [1.82, 2.24) is 19.1 Å². The Balaban J connectivity index is 2.06. The van der Waals surface area contributed by atoms with Crippen LogP contribution >= 0.6 is 0 Å². The molecule has 26 heavy (non-hydrogen) atoms. The van der Waals surface area contributed by atoms with Crippen LogP contribution in [0.3, 0.4) is 0 Å². The topological polar surface area (TPSA) is 102 Å². The average molecular weight is 370 g/mol. The van der Waals surface area contributed by atoms with Gasteiger partial charge in [-0.3, -0.25) is 13.9 Å². The molecule has 0 saturated heterocycles. The lowest BCUT2D eigenvalue weighted by Crippen LogP contribution is -2.39. The van der Waals surface area contributed by atoms with Crippen LogP contribution in [-0.2, 0) is 19.8 Å². The van der Waals surface area contributed by atoms with Gasteiger partial charge >= 0.3 is 17.9 Å². The number of nitrogens with zero attached hydrogens (tertiary/aromatic N) is 3. The van der Waals surface area contributed by atoms with E-state index in [4.69, 9.17) is 9.84 Å². The predicted octanol–water partition coefficient (Wildman–Crippen LogP) is 1.23. The molecule has 0 aliphatic carbocycles. The molecule has 0 fully saturated rings. The van der Waals surface area contributed by atoms with Gasteiger partial charge in [-0.15, -0.1) is 0 Å². The van der Waals surface area contributed by atoms with E-state index in [0.29, 0.717) is 0 Å². The SMILES string of the molecule is Cn1c(=O)n(CCO)c(=O)c2[nH]c(Oc3cccc(C(F)(F)F)c3)nc21. The number of alkyl halides is 3. The lowest BCUT2D eigenvalue weighted by molar-refractivity contribution is -0.137. The van der Waals surface area contributed by atoms with Gasteiger partial charge in [0.25, 0.3) is 5.56 Å². The van der Waals surface area contributed by atoms with Crippen LogP contribution in [-0.4, -0.2) is 30.8 Å². The smallest absolute Gasteiger partial charge is 0.416 e. The summed E-state index contributed by atoms with van der Waals surface area (Å²) >= 11 is 0. The highest BCUT2D eigenvalue weighted by atomic mass is 19.4. The van der Waals surface area contributed by atoms with Crippen molar-refractivity contribution in [3.8, 4) is 11.8 Å². The van der Waals surface area contributed by atoms with E-state index in [0.717, 1.165) is 21.3 Å². The van der Waals surface area contributed by atoms with E-state index in [1.54, 1.807) is 0 Å². The first-order valence-electron chi connectivity index (χ1n) is 7.38. The maximum Gasteiger partial charge on any atom is 0.416 e. The molecule has 8 nitrogen and oxygen atoms in total. The number of aliphatic hydroxyl groups is 1. The number of hydrogen-bond acceptors (Lipinski definition) is 5. The molecule has 0 bridgehead atoms. The maximum absolute atomic E-state index is 12.8. The van der Waals surface area contributed by atoms with Gasteiger partial charge in [0.1, 0.15) is 5.75 Å². The van der Waals surface area contributed by atoms with Crippen molar-refractivity contribution >= 4 is 11.2 Å². The number of nitrogens with one attached hydrogen (secondary N) is 1. The first kappa shape index (κ1) is 17.7. The number of benzene rings is 1. The Bertz CT molecular complexity index is 1080. The molecule has 0 unspecified atom stereocenters. The number of rotatable bonds is 4.